The summed E-state index contributed by atoms with van der Waals surface area (Å²) in [6.45, 7) is 12.2. The Morgan fingerprint density at radius 1 is 1.35 bits per heavy atom. The van der Waals surface area contributed by atoms with Gasteiger partial charge in [0.1, 0.15) is 0 Å². The summed E-state index contributed by atoms with van der Waals surface area (Å²) in [5.74, 6) is 0. The average Bonchev–Trinajstić information content (AvgIpc) is 2.37. The molecule has 0 saturated heterocycles. The monoisotopic (exact) mass is 232 g/mol. The second-order valence-corrected chi connectivity index (χ2v) is 5.79. The van der Waals surface area contributed by atoms with Crippen molar-refractivity contribution < 1.29 is 0 Å². The van der Waals surface area contributed by atoms with Gasteiger partial charge in [-0.25, -0.2) is 0 Å². The van der Waals surface area contributed by atoms with E-state index in [0.29, 0.717) is 0 Å². The molecule has 1 heterocycles. The van der Waals surface area contributed by atoms with Crippen LogP contribution in [0.5, 0.6) is 0 Å². The number of nitrogens with one attached hydrogen (secondary N) is 1. The first-order valence-corrected chi connectivity index (χ1v) is 6.61. The van der Waals surface area contributed by atoms with Crippen molar-refractivity contribution in [3.63, 3.8) is 0 Å². The number of fused-ring (bicyclic) bond motifs is 1. The van der Waals surface area contributed by atoms with Gasteiger partial charge in [-0.05, 0) is 38.8 Å². The van der Waals surface area contributed by atoms with Gasteiger partial charge in [0.25, 0.3) is 0 Å². The third kappa shape index (κ3) is 2.81. The Balaban J connectivity index is 2.37. The summed E-state index contributed by atoms with van der Waals surface area (Å²) in [5, 5.41) is 3.65. The highest BCUT2D eigenvalue weighted by Gasteiger charge is 2.26. The largest absolute Gasteiger partial charge is 0.369 e. The smallest absolute Gasteiger partial charge is 0.0412 e. The molecule has 2 nitrogen and oxygen atoms in total. The molecule has 17 heavy (non-hydrogen) atoms. The van der Waals surface area contributed by atoms with Crippen molar-refractivity contribution in [3.05, 3.63) is 29.3 Å². The first kappa shape index (κ1) is 12.4. The van der Waals surface area contributed by atoms with Gasteiger partial charge in [-0.15, -0.1) is 0 Å². The predicted molar refractivity (Wildman–Crippen MR) is 74.6 cm³/mol. The fourth-order valence-electron chi connectivity index (χ4n) is 2.59. The number of benzene rings is 1. The maximum absolute atomic E-state index is 3.65. The zero-order chi connectivity index (χ0) is 12.5. The quantitative estimate of drug-likeness (QED) is 0.843. The molecule has 1 aliphatic rings. The molecule has 2 rings (SSSR count). The Bertz CT molecular complexity index is 396. The first-order chi connectivity index (χ1) is 8.02. The van der Waals surface area contributed by atoms with Crippen LogP contribution in [-0.4, -0.2) is 18.6 Å². The molecular formula is C15H24N2. The lowest BCUT2D eigenvalue weighted by molar-refractivity contribution is 0.395. The molecule has 1 aromatic carbocycles. The highest BCUT2D eigenvalue weighted by atomic mass is 15.2. The van der Waals surface area contributed by atoms with Gasteiger partial charge in [-0.3, -0.25) is 0 Å². The molecule has 0 atom stereocenters. The topological polar surface area (TPSA) is 15.3 Å². The summed E-state index contributed by atoms with van der Waals surface area (Å²) < 4.78 is 0. The molecule has 0 amide bonds. The van der Waals surface area contributed by atoms with Gasteiger partial charge in [-0.2, -0.15) is 0 Å². The summed E-state index contributed by atoms with van der Waals surface area (Å²) in [6.07, 6.45) is 1.20. The summed E-state index contributed by atoms with van der Waals surface area (Å²) in [6, 6.07) is 6.82. The van der Waals surface area contributed by atoms with Crippen LogP contribution in [0.3, 0.4) is 0 Å². The minimum atomic E-state index is 0.183. The van der Waals surface area contributed by atoms with E-state index in [1.54, 1.807) is 0 Å². The molecule has 0 radical (unpaired) electrons. The van der Waals surface area contributed by atoms with E-state index < -0.39 is 0 Å². The Labute approximate surface area is 105 Å². The van der Waals surface area contributed by atoms with E-state index in [1.165, 1.54) is 23.2 Å². The van der Waals surface area contributed by atoms with Crippen LogP contribution < -0.4 is 10.2 Å². The molecule has 0 saturated carbocycles. The van der Waals surface area contributed by atoms with Gasteiger partial charge >= 0.3 is 0 Å². The number of hydrogen-bond acceptors (Lipinski definition) is 2. The minimum Gasteiger partial charge on any atom is -0.369 e. The molecule has 0 bridgehead atoms. The van der Waals surface area contributed by atoms with Crippen LogP contribution in [0, 0.1) is 6.92 Å². The Morgan fingerprint density at radius 2 is 2.12 bits per heavy atom. The zero-order valence-corrected chi connectivity index (χ0v) is 11.5. The van der Waals surface area contributed by atoms with Gasteiger partial charge < -0.3 is 10.2 Å². The van der Waals surface area contributed by atoms with Crippen molar-refractivity contribution in [1.29, 1.82) is 0 Å². The lowest BCUT2D eigenvalue weighted by atomic mass is 10.1. The highest BCUT2D eigenvalue weighted by Crippen LogP contribution is 2.27. The predicted octanol–water partition coefficient (Wildman–Crippen LogP) is 3.09. The van der Waals surface area contributed by atoms with Gasteiger partial charge in [0, 0.05) is 30.9 Å². The molecule has 1 N–H and O–H groups in total. The summed E-state index contributed by atoms with van der Waals surface area (Å²) in [5.41, 5.74) is 4.38. The van der Waals surface area contributed by atoms with Crippen molar-refractivity contribution in [1.82, 2.24) is 5.32 Å². The maximum Gasteiger partial charge on any atom is 0.0412 e. The van der Waals surface area contributed by atoms with Crippen molar-refractivity contribution >= 4 is 5.69 Å². The average molecular weight is 232 g/mol. The molecule has 1 aromatic rings. The maximum atomic E-state index is 3.65. The fraction of sp³-hybridized carbons (Fsp3) is 0.600. The van der Waals surface area contributed by atoms with Crippen molar-refractivity contribution in [2.24, 2.45) is 0 Å². The first-order valence-electron chi connectivity index (χ1n) is 6.61. The Morgan fingerprint density at radius 3 is 2.82 bits per heavy atom. The molecule has 0 spiro atoms. The van der Waals surface area contributed by atoms with E-state index in [2.05, 4.69) is 56.1 Å². The van der Waals surface area contributed by atoms with Crippen molar-refractivity contribution in [3.8, 4) is 0 Å². The van der Waals surface area contributed by atoms with Gasteiger partial charge in [0.2, 0.25) is 0 Å². The molecule has 0 aromatic heterocycles. The normalized spacial score (nSPS) is 18.7. The van der Waals surface area contributed by atoms with Crippen LogP contribution in [-0.2, 0) is 6.54 Å². The van der Waals surface area contributed by atoms with E-state index in [0.717, 1.165) is 19.6 Å². The molecule has 1 aliphatic heterocycles. The van der Waals surface area contributed by atoms with Crippen LogP contribution in [0.25, 0.3) is 0 Å². The van der Waals surface area contributed by atoms with Crippen LogP contribution in [0.2, 0.25) is 0 Å². The third-order valence-corrected chi connectivity index (χ3v) is 3.41. The second-order valence-electron chi connectivity index (χ2n) is 5.79. The highest BCUT2D eigenvalue weighted by molar-refractivity contribution is 5.56. The van der Waals surface area contributed by atoms with Crippen molar-refractivity contribution in [2.45, 2.75) is 46.2 Å². The molecule has 0 fully saturated rings. The number of anilines is 1. The number of hydrogen-bond donors (Lipinski definition) is 1. The SMILES string of the molecule is CCCN1CC(C)(C)NCc2cc(C)ccc21. The number of nitrogens with zero attached hydrogens (tertiary/aromatic N) is 1. The summed E-state index contributed by atoms with van der Waals surface area (Å²) >= 11 is 0. The van der Waals surface area contributed by atoms with Gasteiger partial charge in [-0.1, -0.05) is 24.6 Å². The van der Waals surface area contributed by atoms with Gasteiger partial charge in [0.15, 0.2) is 0 Å². The van der Waals surface area contributed by atoms with Crippen LogP contribution >= 0.6 is 0 Å². The molecule has 0 unspecified atom stereocenters. The zero-order valence-electron chi connectivity index (χ0n) is 11.5. The van der Waals surface area contributed by atoms with Crippen LogP contribution in [0.1, 0.15) is 38.3 Å². The van der Waals surface area contributed by atoms with Crippen LogP contribution in [0.15, 0.2) is 18.2 Å². The Hall–Kier alpha value is -1.02. The van der Waals surface area contributed by atoms with E-state index in [9.17, 15) is 0 Å². The lowest BCUT2D eigenvalue weighted by Crippen LogP contribution is -2.46. The van der Waals surface area contributed by atoms with Crippen molar-refractivity contribution in [2.75, 3.05) is 18.0 Å². The third-order valence-electron chi connectivity index (χ3n) is 3.41. The van der Waals surface area contributed by atoms with E-state index >= 15 is 0 Å². The standard InChI is InChI=1S/C15H24N2/c1-5-8-17-11-15(3,4)16-10-13-9-12(2)6-7-14(13)17/h6-7,9,16H,5,8,10-11H2,1-4H3. The van der Waals surface area contributed by atoms with Gasteiger partial charge in [0.05, 0.1) is 0 Å². The van der Waals surface area contributed by atoms with E-state index in [1.807, 2.05) is 0 Å². The van der Waals surface area contributed by atoms with Crippen LogP contribution in [0.4, 0.5) is 5.69 Å². The molecule has 94 valence electrons. The lowest BCUT2D eigenvalue weighted by Gasteiger charge is -2.31. The number of rotatable bonds is 2. The summed E-state index contributed by atoms with van der Waals surface area (Å²) in [4.78, 5) is 2.52. The molecule has 0 aliphatic carbocycles. The van der Waals surface area contributed by atoms with E-state index in [-0.39, 0.29) is 5.54 Å². The number of aryl methyl sites for hydroxylation is 1. The fourth-order valence-corrected chi connectivity index (χ4v) is 2.59. The Kier molecular flexibility index (Phi) is 3.43. The summed E-state index contributed by atoms with van der Waals surface area (Å²) in [7, 11) is 0. The molecular weight excluding hydrogens is 208 g/mol. The van der Waals surface area contributed by atoms with E-state index in [4.69, 9.17) is 0 Å². The minimum absolute atomic E-state index is 0.183. The second kappa shape index (κ2) is 4.69. The molecule has 2 heteroatoms.